The van der Waals surface area contributed by atoms with E-state index in [1.807, 2.05) is 38.1 Å². The highest BCUT2D eigenvalue weighted by Crippen LogP contribution is 2.40. The molecule has 0 saturated heterocycles. The van der Waals surface area contributed by atoms with Crippen molar-refractivity contribution in [3.8, 4) is 34.1 Å². The Morgan fingerprint density at radius 3 is 1.69 bits per heavy atom. The van der Waals surface area contributed by atoms with Crippen LogP contribution in [0.15, 0.2) is 24.3 Å². The molecule has 0 aromatic heterocycles. The van der Waals surface area contributed by atoms with Gasteiger partial charge in [0.15, 0.2) is 0 Å². The summed E-state index contributed by atoms with van der Waals surface area (Å²) in [5, 5.41) is 0. The number of ether oxygens (including phenoxy) is 4. The van der Waals surface area contributed by atoms with Gasteiger partial charge in [0.05, 0.1) is 26.4 Å². The summed E-state index contributed by atoms with van der Waals surface area (Å²) in [4.78, 5) is 0. The molecule has 26 heavy (non-hydrogen) atoms. The van der Waals surface area contributed by atoms with E-state index in [1.54, 1.807) is 0 Å². The third-order valence-electron chi connectivity index (χ3n) is 3.59. The van der Waals surface area contributed by atoms with Crippen LogP contribution in [0.1, 0.15) is 40.5 Å². The van der Waals surface area contributed by atoms with Gasteiger partial charge in [0, 0.05) is 23.3 Å². The summed E-state index contributed by atoms with van der Waals surface area (Å²) in [5.41, 5.74) is 1.80. The van der Waals surface area contributed by atoms with Gasteiger partial charge in [-0.2, -0.15) is 0 Å². The van der Waals surface area contributed by atoms with E-state index >= 15 is 0 Å². The van der Waals surface area contributed by atoms with E-state index in [4.69, 9.17) is 18.9 Å². The number of benzene rings is 2. The van der Waals surface area contributed by atoms with Gasteiger partial charge in [0.25, 0.3) is 0 Å². The molecule has 4 nitrogen and oxygen atoms in total. The molecule has 0 amide bonds. The normalized spacial score (nSPS) is 10.5. The average molecular weight is 356 g/mol. The van der Waals surface area contributed by atoms with Crippen LogP contribution in [-0.4, -0.2) is 26.4 Å². The second-order valence-electron chi connectivity index (χ2n) is 5.71. The highest BCUT2D eigenvalue weighted by Gasteiger charge is 2.15. The van der Waals surface area contributed by atoms with E-state index in [2.05, 4.69) is 26.0 Å². The maximum absolute atomic E-state index is 5.94. The summed E-state index contributed by atoms with van der Waals surface area (Å²) in [6.45, 7) is 10.5. The first-order chi connectivity index (χ1) is 12.7. The molecule has 0 fully saturated rings. The summed E-state index contributed by atoms with van der Waals surface area (Å²) in [5.74, 6) is 2.87. The Balaban J connectivity index is 2.52. The van der Waals surface area contributed by atoms with Gasteiger partial charge < -0.3 is 18.9 Å². The fraction of sp³-hybridized carbons (Fsp3) is 0.455. The van der Waals surface area contributed by atoms with Crippen molar-refractivity contribution >= 4 is 0 Å². The minimum atomic E-state index is 0.568. The van der Waals surface area contributed by atoms with E-state index < -0.39 is 0 Å². The molecule has 2 aromatic rings. The maximum atomic E-state index is 5.94. The van der Waals surface area contributed by atoms with Gasteiger partial charge in [-0.05, 0) is 51.0 Å². The molecule has 0 aliphatic carbocycles. The van der Waals surface area contributed by atoms with Crippen molar-refractivity contribution in [2.24, 2.45) is 0 Å². The first-order valence-electron chi connectivity index (χ1n) is 9.36. The molecule has 4 heteroatoms. The fourth-order valence-corrected chi connectivity index (χ4v) is 2.48. The lowest BCUT2D eigenvalue weighted by atomic mass is 10.0. The molecule has 2 aromatic carbocycles. The van der Waals surface area contributed by atoms with Crippen LogP contribution in [-0.2, 0) is 0 Å². The third-order valence-corrected chi connectivity index (χ3v) is 3.59. The largest absolute Gasteiger partial charge is 0.493 e. The van der Waals surface area contributed by atoms with Crippen LogP contribution < -0.4 is 18.9 Å². The van der Waals surface area contributed by atoms with Crippen molar-refractivity contribution in [2.75, 3.05) is 26.4 Å². The molecule has 2 radical (unpaired) electrons. The summed E-state index contributed by atoms with van der Waals surface area (Å²) in [6, 6.07) is 13.8. The lowest BCUT2D eigenvalue weighted by Crippen LogP contribution is -2.01. The summed E-state index contributed by atoms with van der Waals surface area (Å²) < 4.78 is 23.1. The lowest BCUT2D eigenvalue weighted by Gasteiger charge is -2.17. The molecule has 0 unspecified atom stereocenters. The molecule has 0 saturated carbocycles. The van der Waals surface area contributed by atoms with Crippen LogP contribution in [0, 0.1) is 12.1 Å². The van der Waals surface area contributed by atoms with Gasteiger partial charge in [-0.1, -0.05) is 13.8 Å². The van der Waals surface area contributed by atoms with E-state index in [0.717, 1.165) is 35.5 Å². The van der Waals surface area contributed by atoms with Crippen LogP contribution >= 0.6 is 0 Å². The second kappa shape index (κ2) is 10.6. The zero-order valence-corrected chi connectivity index (χ0v) is 16.2. The van der Waals surface area contributed by atoms with Crippen molar-refractivity contribution in [2.45, 2.75) is 40.5 Å². The van der Waals surface area contributed by atoms with Gasteiger partial charge in [-0.15, -0.1) is 0 Å². The summed E-state index contributed by atoms with van der Waals surface area (Å²) in [6.07, 6.45) is 1.87. The van der Waals surface area contributed by atoms with E-state index in [-0.39, 0.29) is 0 Å². The van der Waals surface area contributed by atoms with Crippen molar-refractivity contribution in [1.29, 1.82) is 0 Å². The molecule has 0 spiro atoms. The molecular weight excluding hydrogens is 328 g/mol. The van der Waals surface area contributed by atoms with Crippen LogP contribution in [0.4, 0.5) is 0 Å². The van der Waals surface area contributed by atoms with Gasteiger partial charge >= 0.3 is 0 Å². The predicted molar refractivity (Wildman–Crippen MR) is 103 cm³/mol. The van der Waals surface area contributed by atoms with Crippen molar-refractivity contribution in [1.82, 2.24) is 0 Å². The Labute approximate surface area is 157 Å². The molecule has 0 heterocycles. The van der Waals surface area contributed by atoms with E-state index in [1.165, 1.54) is 0 Å². The standard InChI is InChI=1S/C22H28O4/c1-5-13-25-18-10-12-22(26-14-6-2)20(16-18)19-15-17(23-7-3)9-11-21(19)24-8-4/h11-12,15-16H,5-8,13-14H2,1-4H3. The van der Waals surface area contributed by atoms with Gasteiger partial charge in [-0.25, -0.2) is 0 Å². The second-order valence-corrected chi connectivity index (χ2v) is 5.71. The minimum absolute atomic E-state index is 0.568. The quantitative estimate of drug-likeness (QED) is 0.545. The Bertz CT molecular complexity index is 682. The third kappa shape index (κ3) is 5.32. The monoisotopic (exact) mass is 356 g/mol. The van der Waals surface area contributed by atoms with Crippen LogP contribution in [0.5, 0.6) is 23.0 Å². The smallest absolute Gasteiger partial charge is 0.128 e. The molecule has 0 aliphatic heterocycles. The molecule has 0 atom stereocenters. The molecule has 140 valence electrons. The predicted octanol–water partition coefficient (Wildman–Crippen LogP) is 5.33. The molecular formula is C22H28O4. The maximum Gasteiger partial charge on any atom is 0.128 e. The SMILES string of the molecule is CCCOc1[c]cc(OCCC)c(-c2cc(OCC)[c]cc2OCC)c1. The average Bonchev–Trinajstić information content (AvgIpc) is 2.66. The van der Waals surface area contributed by atoms with Crippen LogP contribution in [0.3, 0.4) is 0 Å². The van der Waals surface area contributed by atoms with Crippen molar-refractivity contribution in [3.63, 3.8) is 0 Å². The van der Waals surface area contributed by atoms with Crippen LogP contribution in [0.2, 0.25) is 0 Å². The fourth-order valence-electron chi connectivity index (χ4n) is 2.48. The summed E-state index contributed by atoms with van der Waals surface area (Å²) in [7, 11) is 0. The Morgan fingerprint density at radius 1 is 0.654 bits per heavy atom. The van der Waals surface area contributed by atoms with Crippen molar-refractivity contribution in [3.05, 3.63) is 36.4 Å². The highest BCUT2D eigenvalue weighted by molar-refractivity contribution is 5.78. The zero-order valence-electron chi connectivity index (χ0n) is 16.2. The van der Waals surface area contributed by atoms with Gasteiger partial charge in [-0.3, -0.25) is 0 Å². The number of rotatable bonds is 11. The number of hydrogen-bond donors (Lipinski definition) is 0. The lowest BCUT2D eigenvalue weighted by molar-refractivity contribution is 0.308. The topological polar surface area (TPSA) is 36.9 Å². The molecule has 0 N–H and O–H groups in total. The molecule has 0 aliphatic rings. The van der Waals surface area contributed by atoms with E-state index in [9.17, 15) is 0 Å². The van der Waals surface area contributed by atoms with Gasteiger partial charge in [0.1, 0.15) is 23.0 Å². The minimum Gasteiger partial charge on any atom is -0.493 e. The zero-order chi connectivity index (χ0) is 18.8. The molecule has 2 rings (SSSR count). The van der Waals surface area contributed by atoms with Crippen LogP contribution in [0.25, 0.3) is 11.1 Å². The Kier molecular flexibility index (Phi) is 8.13. The summed E-state index contributed by atoms with van der Waals surface area (Å²) >= 11 is 0. The molecule has 0 bridgehead atoms. The van der Waals surface area contributed by atoms with Gasteiger partial charge in [0.2, 0.25) is 0 Å². The highest BCUT2D eigenvalue weighted by atomic mass is 16.5. The first-order valence-corrected chi connectivity index (χ1v) is 9.36. The Hall–Kier alpha value is -2.36. The number of hydrogen-bond acceptors (Lipinski definition) is 4. The Morgan fingerprint density at radius 2 is 1.15 bits per heavy atom. The van der Waals surface area contributed by atoms with E-state index in [0.29, 0.717) is 37.9 Å². The first kappa shape index (κ1) is 20.0. The van der Waals surface area contributed by atoms with Crippen molar-refractivity contribution < 1.29 is 18.9 Å².